The Morgan fingerprint density at radius 1 is 1.19 bits per heavy atom. The van der Waals surface area contributed by atoms with Crippen LogP contribution in [0.2, 0.25) is 0 Å². The van der Waals surface area contributed by atoms with Crippen molar-refractivity contribution in [1.29, 1.82) is 0 Å². The third kappa shape index (κ3) is 3.86. The van der Waals surface area contributed by atoms with Crippen molar-refractivity contribution in [1.82, 2.24) is 9.88 Å². The van der Waals surface area contributed by atoms with Crippen molar-refractivity contribution in [3.05, 3.63) is 53.6 Å². The van der Waals surface area contributed by atoms with Gasteiger partial charge in [0, 0.05) is 25.9 Å². The van der Waals surface area contributed by atoms with Crippen LogP contribution in [0.5, 0.6) is 0 Å². The molecule has 134 valence electrons. The number of hydrogen-bond donors (Lipinski definition) is 1. The van der Waals surface area contributed by atoms with E-state index in [2.05, 4.69) is 66.7 Å². The minimum Gasteiger partial charge on any atom is -0.361 e. The highest BCUT2D eigenvalue weighted by Gasteiger charge is 2.14. The summed E-state index contributed by atoms with van der Waals surface area (Å²) >= 11 is 3.54. The number of aromatic nitrogens is 1. The average molecular weight is 383 g/mol. The Labute approximate surface area is 162 Å². The van der Waals surface area contributed by atoms with E-state index in [1.807, 2.05) is 11.8 Å². The van der Waals surface area contributed by atoms with Gasteiger partial charge in [0.2, 0.25) is 0 Å². The molecule has 0 radical (unpaired) electrons. The number of para-hydroxylation sites is 1. The van der Waals surface area contributed by atoms with E-state index in [-0.39, 0.29) is 0 Å². The second-order valence-electron chi connectivity index (χ2n) is 6.45. The molecule has 6 heteroatoms. The number of fused-ring (bicyclic) bond motifs is 1. The Balaban J connectivity index is 1.35. The normalized spacial score (nSPS) is 15.9. The number of anilines is 1. The van der Waals surface area contributed by atoms with E-state index < -0.39 is 0 Å². The molecule has 1 N–H and O–H groups in total. The summed E-state index contributed by atoms with van der Waals surface area (Å²) in [5.41, 5.74) is 4.68. The van der Waals surface area contributed by atoms with Gasteiger partial charge in [-0.25, -0.2) is 9.98 Å². The van der Waals surface area contributed by atoms with Crippen molar-refractivity contribution in [3.63, 3.8) is 0 Å². The van der Waals surface area contributed by atoms with E-state index >= 15 is 0 Å². The Hall–Kier alpha value is -2.05. The molecule has 1 fully saturated rings. The minimum absolute atomic E-state index is 0.880. The smallest absolute Gasteiger partial charge is 0.183 e. The Morgan fingerprint density at radius 3 is 2.77 bits per heavy atom. The van der Waals surface area contributed by atoms with Crippen molar-refractivity contribution in [2.75, 3.05) is 31.2 Å². The number of thiazole rings is 1. The highest BCUT2D eigenvalue weighted by molar-refractivity contribution is 8.14. The van der Waals surface area contributed by atoms with Crippen molar-refractivity contribution in [2.45, 2.75) is 13.3 Å². The third-order valence-electron chi connectivity index (χ3n) is 4.46. The van der Waals surface area contributed by atoms with E-state index in [9.17, 15) is 0 Å². The van der Waals surface area contributed by atoms with Gasteiger partial charge in [0.05, 0.1) is 15.9 Å². The van der Waals surface area contributed by atoms with E-state index in [1.165, 1.54) is 15.8 Å². The van der Waals surface area contributed by atoms with Crippen molar-refractivity contribution in [2.24, 2.45) is 4.99 Å². The number of hydrogen-bond acceptors (Lipinski definition) is 5. The molecule has 2 aromatic carbocycles. The predicted molar refractivity (Wildman–Crippen MR) is 115 cm³/mol. The molecule has 1 aromatic heterocycles. The lowest BCUT2D eigenvalue weighted by Gasteiger charge is -2.09. The molecule has 0 spiro atoms. The summed E-state index contributed by atoms with van der Waals surface area (Å²) < 4.78 is 1.24. The zero-order valence-corrected chi connectivity index (χ0v) is 16.7. The summed E-state index contributed by atoms with van der Waals surface area (Å²) in [6, 6.07) is 14.9. The van der Waals surface area contributed by atoms with Gasteiger partial charge in [0.15, 0.2) is 10.3 Å². The van der Waals surface area contributed by atoms with Gasteiger partial charge in [-0.15, -0.1) is 0 Å². The highest BCUT2D eigenvalue weighted by atomic mass is 32.2. The zero-order chi connectivity index (χ0) is 17.9. The number of benzene rings is 2. The van der Waals surface area contributed by atoms with Crippen molar-refractivity contribution >= 4 is 49.3 Å². The summed E-state index contributed by atoms with van der Waals surface area (Å²) in [5, 5.41) is 5.57. The second kappa shape index (κ2) is 7.68. The highest BCUT2D eigenvalue weighted by Crippen LogP contribution is 2.28. The maximum Gasteiger partial charge on any atom is 0.183 e. The Morgan fingerprint density at radius 2 is 2.04 bits per heavy atom. The third-order valence-corrected chi connectivity index (χ3v) is 6.48. The summed E-state index contributed by atoms with van der Waals surface area (Å²) in [6.45, 7) is 4.07. The Bertz CT molecular complexity index is 931. The van der Waals surface area contributed by atoms with E-state index in [1.54, 1.807) is 11.3 Å². The van der Waals surface area contributed by atoms with Gasteiger partial charge in [-0.1, -0.05) is 47.4 Å². The van der Waals surface area contributed by atoms with Gasteiger partial charge in [0.25, 0.3) is 0 Å². The van der Waals surface area contributed by atoms with Gasteiger partial charge in [0.1, 0.15) is 0 Å². The molecule has 1 saturated heterocycles. The number of rotatable bonds is 5. The number of amidine groups is 1. The molecular formula is C20H22N4S2. The average Bonchev–Trinajstić information content (AvgIpc) is 3.24. The molecular weight excluding hydrogens is 360 g/mol. The molecule has 26 heavy (non-hydrogen) atoms. The lowest BCUT2D eigenvalue weighted by Crippen LogP contribution is -2.17. The largest absolute Gasteiger partial charge is 0.361 e. The summed E-state index contributed by atoms with van der Waals surface area (Å²) in [5.74, 6) is 1.13. The van der Waals surface area contributed by atoms with Crippen LogP contribution in [0.1, 0.15) is 11.1 Å². The van der Waals surface area contributed by atoms with Crippen molar-refractivity contribution in [3.8, 4) is 0 Å². The number of thioether (sulfide) groups is 1. The van der Waals surface area contributed by atoms with E-state index in [4.69, 9.17) is 9.98 Å². The lowest BCUT2D eigenvalue weighted by molar-refractivity contribution is 0.563. The number of aryl methyl sites for hydroxylation is 1. The van der Waals surface area contributed by atoms with Crippen LogP contribution in [0, 0.1) is 6.92 Å². The molecule has 4 rings (SSSR count). The fourth-order valence-corrected chi connectivity index (χ4v) is 4.92. The fraction of sp³-hybridized carbons (Fsp3) is 0.300. The molecule has 2 heterocycles. The van der Waals surface area contributed by atoms with Crippen LogP contribution >= 0.6 is 23.1 Å². The lowest BCUT2D eigenvalue weighted by atomic mass is 10.1. The van der Waals surface area contributed by atoms with Gasteiger partial charge >= 0.3 is 0 Å². The van der Waals surface area contributed by atoms with Gasteiger partial charge in [-0.05, 0) is 42.7 Å². The minimum atomic E-state index is 0.880. The first-order valence-electron chi connectivity index (χ1n) is 8.81. The first-order valence-corrected chi connectivity index (χ1v) is 10.6. The topological polar surface area (TPSA) is 40.5 Å². The fourth-order valence-electron chi connectivity index (χ4n) is 2.92. The second-order valence-corrected chi connectivity index (χ2v) is 8.54. The maximum absolute atomic E-state index is 4.72. The van der Waals surface area contributed by atoms with E-state index in [0.717, 1.165) is 46.8 Å². The Kier molecular flexibility index (Phi) is 5.13. The predicted octanol–water partition coefficient (Wildman–Crippen LogP) is 4.93. The van der Waals surface area contributed by atoms with Gasteiger partial charge < -0.3 is 10.2 Å². The van der Waals surface area contributed by atoms with Crippen molar-refractivity contribution < 1.29 is 0 Å². The quantitative estimate of drug-likeness (QED) is 0.679. The zero-order valence-electron chi connectivity index (χ0n) is 15.0. The van der Waals surface area contributed by atoms with Crippen LogP contribution in [0.25, 0.3) is 10.2 Å². The van der Waals surface area contributed by atoms with E-state index in [0.29, 0.717) is 0 Å². The molecule has 0 amide bonds. The molecule has 4 nitrogen and oxygen atoms in total. The summed E-state index contributed by atoms with van der Waals surface area (Å²) in [6.07, 6.45) is 0.973. The van der Waals surface area contributed by atoms with Crippen LogP contribution in [-0.2, 0) is 6.42 Å². The first kappa shape index (κ1) is 17.4. The molecule has 0 bridgehead atoms. The molecule has 0 aliphatic carbocycles. The van der Waals surface area contributed by atoms with Crippen LogP contribution in [0.15, 0.2) is 47.5 Å². The molecule has 1 aliphatic heterocycles. The summed E-state index contributed by atoms with van der Waals surface area (Å²) in [4.78, 5) is 11.6. The SMILES string of the molecule is Cc1cccc2sc(NCCc3ccc(N=C4SCCN4C)cc3)nc12. The van der Waals surface area contributed by atoms with Crippen LogP contribution < -0.4 is 5.32 Å². The standard InChI is InChI=1S/C20H22N4S2/c1-14-4-3-5-17-18(14)23-19(26-17)21-11-10-15-6-8-16(9-7-15)22-20-24(2)12-13-25-20/h3-9H,10-13H2,1-2H3,(H,21,23). The summed E-state index contributed by atoms with van der Waals surface area (Å²) in [7, 11) is 2.10. The van der Waals surface area contributed by atoms with Gasteiger partial charge in [-0.3, -0.25) is 0 Å². The number of aliphatic imine (C=N–C) groups is 1. The molecule has 3 aromatic rings. The first-order chi connectivity index (χ1) is 12.7. The number of nitrogens with zero attached hydrogens (tertiary/aromatic N) is 3. The molecule has 0 unspecified atom stereocenters. The van der Waals surface area contributed by atoms with Crippen LogP contribution in [0.3, 0.4) is 0 Å². The van der Waals surface area contributed by atoms with Gasteiger partial charge in [-0.2, -0.15) is 0 Å². The number of nitrogens with one attached hydrogen (secondary N) is 1. The monoisotopic (exact) mass is 382 g/mol. The van der Waals surface area contributed by atoms with Crippen LogP contribution in [-0.4, -0.2) is 40.9 Å². The molecule has 0 atom stereocenters. The maximum atomic E-state index is 4.72. The van der Waals surface area contributed by atoms with Crippen LogP contribution in [0.4, 0.5) is 10.8 Å². The molecule has 1 aliphatic rings. The molecule has 0 saturated carbocycles.